The predicted molar refractivity (Wildman–Crippen MR) is 89.8 cm³/mol. The van der Waals surface area contributed by atoms with Crippen LogP contribution in [0, 0.1) is 5.92 Å². The van der Waals surface area contributed by atoms with Gasteiger partial charge in [-0.2, -0.15) is 4.98 Å². The van der Waals surface area contributed by atoms with Crippen LogP contribution in [0.15, 0.2) is 4.52 Å². The minimum Gasteiger partial charge on any atom is -0.338 e. The maximum atomic E-state index is 12.0. The summed E-state index contributed by atoms with van der Waals surface area (Å²) in [6, 6.07) is 0.0322. The zero-order valence-corrected chi connectivity index (χ0v) is 15.5. The topological polar surface area (TPSA) is 76.3 Å². The van der Waals surface area contributed by atoms with Gasteiger partial charge in [0.15, 0.2) is 15.7 Å². The lowest BCUT2D eigenvalue weighted by Crippen LogP contribution is -2.46. The van der Waals surface area contributed by atoms with E-state index in [1.165, 1.54) is 6.26 Å². The van der Waals surface area contributed by atoms with Crippen molar-refractivity contribution in [1.29, 1.82) is 0 Å². The summed E-state index contributed by atoms with van der Waals surface area (Å²) in [7, 11) is -1.08. The Balaban J connectivity index is 1.98. The number of nitrogens with zero attached hydrogens (tertiary/aromatic N) is 3. The smallest absolute Gasteiger partial charge is 0.240 e. The van der Waals surface area contributed by atoms with Crippen molar-refractivity contribution in [2.24, 2.45) is 5.92 Å². The highest BCUT2D eigenvalue weighted by atomic mass is 32.2. The third-order valence-corrected chi connectivity index (χ3v) is 6.27. The van der Waals surface area contributed by atoms with Gasteiger partial charge in [-0.1, -0.05) is 31.8 Å². The van der Waals surface area contributed by atoms with Gasteiger partial charge in [0.2, 0.25) is 5.89 Å². The summed E-state index contributed by atoms with van der Waals surface area (Å²) in [6.45, 7) is 4.84. The number of sulfone groups is 1. The molecule has 1 aromatic heterocycles. The first kappa shape index (κ1) is 18.4. The standard InChI is InChI=1S/C16H29N3O3S/c1-12(2)9-10-15-17-16(22-18-15)11-19(3)13-7-5-6-8-14(13)23(4,20)21/h12-14H,5-11H2,1-4H3/t13-,14+/m1/s1. The van der Waals surface area contributed by atoms with E-state index in [1.54, 1.807) is 0 Å². The normalized spacial score (nSPS) is 22.9. The third-order valence-electron chi connectivity index (χ3n) is 4.62. The Bertz CT molecular complexity index is 597. The van der Waals surface area contributed by atoms with E-state index < -0.39 is 9.84 Å². The first-order valence-electron chi connectivity index (χ1n) is 8.48. The van der Waals surface area contributed by atoms with Crippen LogP contribution in [0.1, 0.15) is 57.7 Å². The second-order valence-corrected chi connectivity index (χ2v) is 9.44. The summed E-state index contributed by atoms with van der Waals surface area (Å²) in [4.78, 5) is 6.50. The molecule has 6 nitrogen and oxygen atoms in total. The van der Waals surface area contributed by atoms with Crippen LogP contribution in [0.2, 0.25) is 0 Å². The minimum absolute atomic E-state index is 0.0322. The summed E-state index contributed by atoms with van der Waals surface area (Å²) in [5.74, 6) is 1.92. The second-order valence-electron chi connectivity index (χ2n) is 7.17. The van der Waals surface area contributed by atoms with Gasteiger partial charge >= 0.3 is 0 Å². The highest BCUT2D eigenvalue weighted by molar-refractivity contribution is 7.91. The van der Waals surface area contributed by atoms with E-state index in [1.807, 2.05) is 7.05 Å². The molecule has 2 rings (SSSR count). The Morgan fingerprint density at radius 2 is 2.00 bits per heavy atom. The van der Waals surface area contributed by atoms with Gasteiger partial charge in [0.05, 0.1) is 11.8 Å². The van der Waals surface area contributed by atoms with Gasteiger partial charge in [0.1, 0.15) is 0 Å². The molecule has 0 unspecified atom stereocenters. The highest BCUT2D eigenvalue weighted by Gasteiger charge is 2.35. The Morgan fingerprint density at radius 1 is 1.30 bits per heavy atom. The molecule has 0 radical (unpaired) electrons. The molecule has 0 spiro atoms. The van der Waals surface area contributed by atoms with E-state index >= 15 is 0 Å². The van der Waals surface area contributed by atoms with Gasteiger partial charge in [-0.15, -0.1) is 0 Å². The number of hydrogen-bond acceptors (Lipinski definition) is 6. The van der Waals surface area contributed by atoms with Gasteiger partial charge in [0, 0.05) is 18.7 Å². The van der Waals surface area contributed by atoms with E-state index in [2.05, 4.69) is 28.9 Å². The highest BCUT2D eigenvalue weighted by Crippen LogP contribution is 2.28. The van der Waals surface area contributed by atoms with Crippen LogP contribution in [0.25, 0.3) is 0 Å². The SMILES string of the molecule is CC(C)CCc1noc(CN(C)[C@@H]2CCCC[C@@H]2S(C)(=O)=O)n1. The maximum Gasteiger partial charge on any atom is 0.240 e. The monoisotopic (exact) mass is 343 g/mol. The molecule has 23 heavy (non-hydrogen) atoms. The van der Waals surface area contributed by atoms with E-state index in [0.29, 0.717) is 18.4 Å². The fourth-order valence-electron chi connectivity index (χ4n) is 3.29. The van der Waals surface area contributed by atoms with Gasteiger partial charge in [-0.25, -0.2) is 8.42 Å². The fourth-order valence-corrected chi connectivity index (χ4v) is 4.79. The summed E-state index contributed by atoms with van der Waals surface area (Å²) in [5.41, 5.74) is 0. The molecule has 0 N–H and O–H groups in total. The molecule has 132 valence electrons. The van der Waals surface area contributed by atoms with Crippen molar-refractivity contribution < 1.29 is 12.9 Å². The molecule has 1 aliphatic carbocycles. The molecule has 1 fully saturated rings. The third kappa shape index (κ3) is 5.28. The molecule has 0 aliphatic heterocycles. The fraction of sp³-hybridized carbons (Fsp3) is 0.875. The lowest BCUT2D eigenvalue weighted by molar-refractivity contribution is 0.167. The number of aromatic nitrogens is 2. The van der Waals surface area contributed by atoms with E-state index in [0.717, 1.165) is 44.3 Å². The van der Waals surface area contributed by atoms with E-state index in [4.69, 9.17) is 4.52 Å². The number of aryl methyl sites for hydroxylation is 1. The molecule has 0 aromatic carbocycles. The second kappa shape index (κ2) is 7.75. The quantitative estimate of drug-likeness (QED) is 0.757. The average Bonchev–Trinajstić information content (AvgIpc) is 2.92. The van der Waals surface area contributed by atoms with E-state index in [9.17, 15) is 8.42 Å². The Morgan fingerprint density at radius 3 is 2.65 bits per heavy atom. The molecule has 2 atom stereocenters. The molecule has 0 amide bonds. The lowest BCUT2D eigenvalue weighted by Gasteiger charge is -2.36. The van der Waals surface area contributed by atoms with Crippen molar-refractivity contribution in [3.63, 3.8) is 0 Å². The predicted octanol–water partition coefficient (Wildman–Crippen LogP) is 2.45. The summed E-state index contributed by atoms with van der Waals surface area (Å²) < 4.78 is 29.4. The molecular weight excluding hydrogens is 314 g/mol. The summed E-state index contributed by atoms with van der Waals surface area (Å²) >= 11 is 0. The van der Waals surface area contributed by atoms with Crippen molar-refractivity contribution in [1.82, 2.24) is 15.0 Å². The molecule has 0 bridgehead atoms. The molecule has 1 saturated carbocycles. The zero-order valence-electron chi connectivity index (χ0n) is 14.7. The maximum absolute atomic E-state index is 12.0. The van der Waals surface area contributed by atoms with E-state index in [-0.39, 0.29) is 11.3 Å². The van der Waals surface area contributed by atoms with Gasteiger partial charge < -0.3 is 4.52 Å². The number of rotatable bonds is 7. The van der Waals surface area contributed by atoms with Crippen LogP contribution in [-0.2, 0) is 22.8 Å². The van der Waals surface area contributed by atoms with Crippen molar-refractivity contribution >= 4 is 9.84 Å². The zero-order chi connectivity index (χ0) is 17.0. The summed E-state index contributed by atoms with van der Waals surface area (Å²) in [5, 5.41) is 3.74. The van der Waals surface area contributed by atoms with Crippen molar-refractivity contribution in [2.75, 3.05) is 13.3 Å². The summed E-state index contributed by atoms with van der Waals surface area (Å²) in [6.07, 6.45) is 6.92. The Labute approximate surface area is 139 Å². The van der Waals surface area contributed by atoms with Crippen LogP contribution < -0.4 is 0 Å². The molecule has 1 aromatic rings. The largest absolute Gasteiger partial charge is 0.338 e. The van der Waals surface area contributed by atoms with Crippen LogP contribution in [0.4, 0.5) is 0 Å². The van der Waals surface area contributed by atoms with Gasteiger partial charge in [-0.3, -0.25) is 4.90 Å². The van der Waals surface area contributed by atoms with Crippen LogP contribution >= 0.6 is 0 Å². The molecular formula is C16H29N3O3S. The van der Waals surface area contributed by atoms with Crippen LogP contribution in [0.3, 0.4) is 0 Å². The average molecular weight is 343 g/mol. The first-order chi connectivity index (χ1) is 10.8. The molecule has 1 aliphatic rings. The van der Waals surface area contributed by atoms with Gasteiger partial charge in [-0.05, 0) is 32.2 Å². The Hall–Kier alpha value is -0.950. The van der Waals surface area contributed by atoms with Crippen molar-refractivity contribution in [2.45, 2.75) is 70.2 Å². The van der Waals surface area contributed by atoms with Crippen molar-refractivity contribution in [3.8, 4) is 0 Å². The first-order valence-corrected chi connectivity index (χ1v) is 10.4. The molecule has 7 heteroatoms. The van der Waals surface area contributed by atoms with Crippen LogP contribution in [0.5, 0.6) is 0 Å². The van der Waals surface area contributed by atoms with Gasteiger partial charge in [0.25, 0.3) is 0 Å². The molecule has 1 heterocycles. The molecule has 0 saturated heterocycles. The Kier molecular flexibility index (Phi) is 6.19. The van der Waals surface area contributed by atoms with Crippen molar-refractivity contribution in [3.05, 3.63) is 11.7 Å². The van der Waals surface area contributed by atoms with Crippen LogP contribution in [-0.4, -0.2) is 48.1 Å². The minimum atomic E-state index is -3.03. The number of hydrogen-bond donors (Lipinski definition) is 0. The lowest BCUT2D eigenvalue weighted by atomic mass is 9.94.